The third-order valence-electron chi connectivity index (χ3n) is 6.75. The molecule has 3 aliphatic rings. The Bertz CT molecular complexity index is 1170. The van der Waals surface area contributed by atoms with Crippen molar-refractivity contribution in [2.45, 2.75) is 50.5 Å². The first-order chi connectivity index (χ1) is 15.7. The van der Waals surface area contributed by atoms with Crippen LogP contribution >= 0.6 is 0 Å². The highest BCUT2D eigenvalue weighted by molar-refractivity contribution is 5.79. The Hall–Kier alpha value is -3.15. The first-order valence-electron chi connectivity index (χ1n) is 11.1. The normalized spacial score (nSPS) is 28.1. The van der Waals surface area contributed by atoms with Gasteiger partial charge in [0.1, 0.15) is 23.7 Å². The number of guanidine groups is 1. The van der Waals surface area contributed by atoms with Crippen molar-refractivity contribution < 1.29 is 18.7 Å². The highest BCUT2D eigenvalue weighted by Gasteiger charge is 2.51. The number of rotatable bonds is 2. The van der Waals surface area contributed by atoms with E-state index in [4.69, 9.17) is 25.0 Å². The van der Waals surface area contributed by atoms with Crippen LogP contribution in [0.15, 0.2) is 41.4 Å². The number of benzene rings is 2. The van der Waals surface area contributed by atoms with Crippen LogP contribution in [0.25, 0.3) is 11.1 Å². The molecule has 2 aromatic rings. The van der Waals surface area contributed by atoms with E-state index in [0.717, 1.165) is 12.8 Å². The lowest BCUT2D eigenvalue weighted by molar-refractivity contribution is -0.198. The van der Waals surface area contributed by atoms with Gasteiger partial charge in [-0.25, -0.2) is 19.3 Å². The number of nitrogens with two attached hydrogens (primary N) is 1. The fourth-order valence-corrected chi connectivity index (χ4v) is 5.13. The summed E-state index contributed by atoms with van der Waals surface area (Å²) in [5.41, 5.74) is 6.48. The van der Waals surface area contributed by atoms with Crippen molar-refractivity contribution in [3.05, 3.63) is 53.3 Å². The number of fused-ring (bicyclic) bond motifs is 2. The predicted octanol–water partition coefficient (Wildman–Crippen LogP) is 4.07. The van der Waals surface area contributed by atoms with Crippen molar-refractivity contribution in [1.29, 1.82) is 5.26 Å². The fourth-order valence-electron chi connectivity index (χ4n) is 5.13. The molecule has 0 bridgehead atoms. The Labute approximate surface area is 192 Å². The van der Waals surface area contributed by atoms with Gasteiger partial charge < -0.3 is 15.2 Å². The summed E-state index contributed by atoms with van der Waals surface area (Å²) in [4.78, 5) is 10.9. The van der Waals surface area contributed by atoms with Crippen LogP contribution in [0.2, 0.25) is 0 Å². The molecule has 0 radical (unpaired) electrons. The zero-order valence-electron chi connectivity index (χ0n) is 19.0. The van der Waals surface area contributed by atoms with Crippen LogP contribution in [0.4, 0.5) is 4.39 Å². The third-order valence-corrected chi connectivity index (χ3v) is 6.75. The van der Waals surface area contributed by atoms with Crippen molar-refractivity contribution in [3.63, 3.8) is 0 Å². The van der Waals surface area contributed by atoms with Gasteiger partial charge in [-0.1, -0.05) is 18.2 Å². The van der Waals surface area contributed by atoms with Crippen molar-refractivity contribution in [2.75, 3.05) is 13.7 Å². The largest absolute Gasteiger partial charge is 0.489 e. The van der Waals surface area contributed by atoms with Crippen LogP contribution in [0.1, 0.15) is 44.2 Å². The average Bonchev–Trinajstić information content (AvgIpc) is 3.06. The predicted molar refractivity (Wildman–Crippen MR) is 120 cm³/mol. The van der Waals surface area contributed by atoms with Crippen molar-refractivity contribution >= 4 is 5.96 Å². The molecule has 0 saturated carbocycles. The van der Waals surface area contributed by atoms with Crippen LogP contribution in [-0.4, -0.2) is 36.4 Å². The summed E-state index contributed by atoms with van der Waals surface area (Å²) in [6.07, 6.45) is 2.10. The highest BCUT2D eigenvalue weighted by atomic mass is 19.1. The molecule has 2 N–H and O–H groups in total. The Morgan fingerprint density at radius 2 is 2.06 bits per heavy atom. The highest BCUT2D eigenvalue weighted by Crippen LogP contribution is 2.50. The lowest BCUT2D eigenvalue weighted by atomic mass is 9.79. The van der Waals surface area contributed by atoms with E-state index in [-0.39, 0.29) is 29.1 Å². The summed E-state index contributed by atoms with van der Waals surface area (Å²) in [5, 5.41) is 10.7. The van der Waals surface area contributed by atoms with Gasteiger partial charge in [-0.05, 0) is 50.5 Å². The Balaban J connectivity index is 1.58. The molecule has 3 heterocycles. The summed E-state index contributed by atoms with van der Waals surface area (Å²) in [7, 11) is 1.72. The summed E-state index contributed by atoms with van der Waals surface area (Å²) < 4.78 is 27.3. The van der Waals surface area contributed by atoms with Gasteiger partial charge >= 0.3 is 0 Å². The first kappa shape index (κ1) is 21.7. The molecule has 3 atom stereocenters. The SMILES string of the molecule is CN1OC2(C[C@H]([C@H]3CCOC(C)(C)C3)Oc3ccc(-c4cccc(C#N)c4F)cc32)N=C1N. The van der Waals surface area contributed by atoms with Gasteiger partial charge in [0.25, 0.3) is 0 Å². The standard InChI is InChI=1S/C25H27FN4O3/c1-24(2)12-16(9-10-31-24)21-13-25(29-23(28)30(3)33-25)19-11-15(7-8-20(19)32-21)18-6-4-5-17(14-27)22(18)26/h4-8,11,16,21H,9-10,12-13H2,1-3H3,(H2,28,29)/t16-,21+,25?/m0/s1. The number of hydrogen-bond donors (Lipinski definition) is 1. The van der Waals surface area contributed by atoms with Crippen molar-refractivity contribution in [3.8, 4) is 22.9 Å². The molecule has 0 aliphatic carbocycles. The van der Waals surface area contributed by atoms with E-state index >= 15 is 0 Å². The fraction of sp³-hybridized carbons (Fsp3) is 0.440. The second-order valence-electron chi connectivity index (χ2n) is 9.55. The third kappa shape index (κ3) is 3.71. The molecule has 172 valence electrons. The van der Waals surface area contributed by atoms with Crippen LogP contribution in [0.5, 0.6) is 5.75 Å². The molecule has 1 saturated heterocycles. The molecule has 2 aromatic carbocycles. The van der Waals surface area contributed by atoms with Gasteiger partial charge in [-0.15, -0.1) is 0 Å². The van der Waals surface area contributed by atoms with Gasteiger partial charge in [0.15, 0.2) is 0 Å². The molecule has 7 nitrogen and oxygen atoms in total. The zero-order chi connectivity index (χ0) is 23.4. The number of aliphatic imine (C=N–C) groups is 1. The number of nitrogens with zero attached hydrogens (tertiary/aromatic N) is 3. The van der Waals surface area contributed by atoms with Gasteiger partial charge in [-0.2, -0.15) is 5.26 Å². The van der Waals surface area contributed by atoms with Gasteiger partial charge in [0.05, 0.1) is 16.7 Å². The number of hydroxylamine groups is 2. The summed E-state index contributed by atoms with van der Waals surface area (Å²) in [6.45, 7) is 4.87. The molecule has 1 unspecified atom stereocenters. The van der Waals surface area contributed by atoms with Crippen LogP contribution in [0, 0.1) is 23.1 Å². The summed E-state index contributed by atoms with van der Waals surface area (Å²) >= 11 is 0. The minimum Gasteiger partial charge on any atom is -0.489 e. The van der Waals surface area contributed by atoms with Crippen molar-refractivity contribution in [2.24, 2.45) is 16.6 Å². The molecular weight excluding hydrogens is 423 g/mol. The van der Waals surface area contributed by atoms with Gasteiger partial charge in [0, 0.05) is 31.6 Å². The second-order valence-corrected chi connectivity index (χ2v) is 9.55. The molecular formula is C25H27FN4O3. The number of ether oxygens (including phenoxy) is 2. The number of halogens is 1. The Kier molecular flexibility index (Phi) is 5.07. The number of hydrogen-bond acceptors (Lipinski definition) is 7. The maximum atomic E-state index is 14.9. The Morgan fingerprint density at radius 1 is 1.24 bits per heavy atom. The minimum atomic E-state index is -1.06. The van der Waals surface area contributed by atoms with Gasteiger partial charge in [-0.3, -0.25) is 0 Å². The Morgan fingerprint density at radius 3 is 2.76 bits per heavy atom. The molecule has 3 aliphatic heterocycles. The quantitative estimate of drug-likeness (QED) is 0.742. The molecule has 5 rings (SSSR count). The first-order valence-corrected chi connectivity index (χ1v) is 11.1. The maximum absolute atomic E-state index is 14.9. The zero-order valence-corrected chi connectivity index (χ0v) is 19.0. The van der Waals surface area contributed by atoms with E-state index in [0.29, 0.717) is 35.5 Å². The smallest absolute Gasteiger partial charge is 0.221 e. The van der Waals surface area contributed by atoms with E-state index in [9.17, 15) is 9.65 Å². The molecule has 8 heteroatoms. The van der Waals surface area contributed by atoms with E-state index in [1.54, 1.807) is 25.2 Å². The monoisotopic (exact) mass is 450 g/mol. The molecule has 33 heavy (non-hydrogen) atoms. The molecule has 0 aromatic heterocycles. The lowest BCUT2D eigenvalue weighted by Gasteiger charge is -2.44. The summed E-state index contributed by atoms with van der Waals surface area (Å²) in [6, 6.07) is 12.1. The second kappa shape index (κ2) is 7.72. The van der Waals surface area contributed by atoms with Crippen LogP contribution < -0.4 is 10.5 Å². The topological polar surface area (TPSA) is 93.1 Å². The molecule has 1 spiro atoms. The summed E-state index contributed by atoms with van der Waals surface area (Å²) in [5.74, 6) is 0.634. The van der Waals surface area contributed by atoms with Gasteiger partial charge in [0.2, 0.25) is 11.7 Å². The van der Waals surface area contributed by atoms with Crippen molar-refractivity contribution in [1.82, 2.24) is 5.06 Å². The lowest BCUT2D eigenvalue weighted by Crippen LogP contribution is -2.46. The average molecular weight is 451 g/mol. The number of nitriles is 1. The van der Waals surface area contributed by atoms with E-state index in [2.05, 4.69) is 13.8 Å². The minimum absolute atomic E-state index is 0.00232. The maximum Gasteiger partial charge on any atom is 0.221 e. The van der Waals surface area contributed by atoms with Crippen LogP contribution in [-0.2, 0) is 15.3 Å². The molecule has 0 amide bonds. The van der Waals surface area contributed by atoms with E-state index in [1.807, 2.05) is 18.2 Å². The van der Waals surface area contributed by atoms with E-state index in [1.165, 1.54) is 11.1 Å². The van der Waals surface area contributed by atoms with Crippen LogP contribution in [0.3, 0.4) is 0 Å². The van der Waals surface area contributed by atoms with E-state index < -0.39 is 11.5 Å². The molecule has 1 fully saturated rings.